The molecule has 1 aliphatic heterocycles. The third kappa shape index (κ3) is 1.62. The minimum Gasteiger partial charge on any atom is -0.382 e. The minimum absolute atomic E-state index is 0.612. The highest BCUT2D eigenvalue weighted by atomic mass is 79.9. The second-order valence-electron chi connectivity index (χ2n) is 3.26. The highest BCUT2D eigenvalue weighted by molar-refractivity contribution is 9.10. The Labute approximate surface area is 90.0 Å². The van der Waals surface area contributed by atoms with E-state index in [4.69, 9.17) is 11.6 Å². The number of nitrogens with one attached hydrogen (secondary N) is 1. The lowest BCUT2D eigenvalue weighted by Gasteiger charge is -2.38. The first-order valence-corrected chi connectivity index (χ1v) is 5.17. The van der Waals surface area contributed by atoms with Crippen molar-refractivity contribution in [3.63, 3.8) is 0 Å². The van der Waals surface area contributed by atoms with Crippen molar-refractivity contribution >= 4 is 27.5 Å². The Kier molecular flexibility index (Phi) is 2.36. The molecule has 0 aliphatic carbocycles. The lowest BCUT2D eigenvalue weighted by Crippen LogP contribution is -2.56. The van der Waals surface area contributed by atoms with Crippen LogP contribution >= 0.6 is 27.5 Å². The Morgan fingerprint density at radius 1 is 1.46 bits per heavy atom. The van der Waals surface area contributed by atoms with E-state index in [0.717, 1.165) is 10.0 Å². The highest BCUT2D eigenvalue weighted by Crippen LogP contribution is 2.30. The Morgan fingerprint density at radius 2 is 2.15 bits per heavy atom. The first-order chi connectivity index (χ1) is 6.12. The molecule has 2 N–H and O–H groups in total. The zero-order chi connectivity index (χ0) is 9.47. The maximum Gasteiger partial charge on any atom is 0.114 e. The fourth-order valence-corrected chi connectivity index (χ4v) is 1.85. The van der Waals surface area contributed by atoms with E-state index in [1.54, 1.807) is 6.07 Å². The summed E-state index contributed by atoms with van der Waals surface area (Å²) in [6.07, 6.45) is 0. The molecule has 0 amide bonds. The lowest BCUT2D eigenvalue weighted by molar-refractivity contribution is -0.0147. The van der Waals surface area contributed by atoms with Crippen LogP contribution < -0.4 is 5.32 Å². The summed E-state index contributed by atoms with van der Waals surface area (Å²) in [6, 6.07) is 5.51. The predicted octanol–water partition coefficient (Wildman–Crippen LogP) is 1.89. The molecule has 0 spiro atoms. The van der Waals surface area contributed by atoms with Crippen molar-refractivity contribution < 1.29 is 5.11 Å². The largest absolute Gasteiger partial charge is 0.382 e. The van der Waals surface area contributed by atoms with Gasteiger partial charge in [0.25, 0.3) is 0 Å². The van der Waals surface area contributed by atoms with Crippen LogP contribution in [0.3, 0.4) is 0 Å². The van der Waals surface area contributed by atoms with Crippen molar-refractivity contribution in [2.24, 2.45) is 0 Å². The molecule has 0 atom stereocenters. The average molecular weight is 263 g/mol. The van der Waals surface area contributed by atoms with Crippen molar-refractivity contribution in [3.8, 4) is 0 Å². The summed E-state index contributed by atoms with van der Waals surface area (Å²) in [5.74, 6) is 0. The van der Waals surface area contributed by atoms with E-state index in [-0.39, 0.29) is 0 Å². The highest BCUT2D eigenvalue weighted by Gasteiger charge is 2.36. The molecule has 0 unspecified atom stereocenters. The van der Waals surface area contributed by atoms with Gasteiger partial charge in [-0.2, -0.15) is 0 Å². The zero-order valence-corrected chi connectivity index (χ0v) is 9.19. The summed E-state index contributed by atoms with van der Waals surface area (Å²) in [4.78, 5) is 0. The van der Waals surface area contributed by atoms with Crippen LogP contribution in [0, 0.1) is 0 Å². The summed E-state index contributed by atoms with van der Waals surface area (Å²) in [5.41, 5.74) is 0.204. The van der Waals surface area contributed by atoms with E-state index in [1.165, 1.54) is 0 Å². The monoisotopic (exact) mass is 261 g/mol. The van der Waals surface area contributed by atoms with Crippen molar-refractivity contribution in [3.05, 3.63) is 33.3 Å². The molecule has 2 nitrogen and oxygen atoms in total. The SMILES string of the molecule is OC1(c2ccc(Cl)c(Br)c2)CNC1. The van der Waals surface area contributed by atoms with E-state index >= 15 is 0 Å². The van der Waals surface area contributed by atoms with E-state index in [2.05, 4.69) is 21.2 Å². The molecule has 0 saturated carbocycles. The van der Waals surface area contributed by atoms with Crippen LogP contribution in [-0.2, 0) is 5.60 Å². The van der Waals surface area contributed by atoms with Crippen LogP contribution in [0.15, 0.2) is 22.7 Å². The van der Waals surface area contributed by atoms with Gasteiger partial charge >= 0.3 is 0 Å². The minimum atomic E-state index is -0.701. The van der Waals surface area contributed by atoms with Gasteiger partial charge in [0.2, 0.25) is 0 Å². The number of aliphatic hydroxyl groups is 1. The summed E-state index contributed by atoms with van der Waals surface area (Å²) in [7, 11) is 0. The standard InChI is InChI=1S/C9H9BrClNO/c10-7-3-6(1-2-8(7)11)9(13)4-12-5-9/h1-3,12-13H,4-5H2. The van der Waals surface area contributed by atoms with Crippen LogP contribution in [0.4, 0.5) is 0 Å². The van der Waals surface area contributed by atoms with Gasteiger partial charge in [-0.3, -0.25) is 0 Å². The van der Waals surface area contributed by atoms with Crippen LogP contribution in [0.25, 0.3) is 0 Å². The van der Waals surface area contributed by atoms with Gasteiger partial charge in [0.1, 0.15) is 5.60 Å². The molecule has 0 aromatic heterocycles. The van der Waals surface area contributed by atoms with E-state index in [9.17, 15) is 5.11 Å². The second-order valence-corrected chi connectivity index (χ2v) is 4.53. The molecule has 0 bridgehead atoms. The molecule has 1 aliphatic rings. The topological polar surface area (TPSA) is 32.3 Å². The van der Waals surface area contributed by atoms with E-state index < -0.39 is 5.60 Å². The Balaban J connectivity index is 2.36. The fourth-order valence-electron chi connectivity index (χ4n) is 1.35. The van der Waals surface area contributed by atoms with Gasteiger partial charge in [-0.25, -0.2) is 0 Å². The smallest absolute Gasteiger partial charge is 0.114 e. The fraction of sp³-hybridized carbons (Fsp3) is 0.333. The first-order valence-electron chi connectivity index (χ1n) is 4.00. The molecule has 1 saturated heterocycles. The van der Waals surface area contributed by atoms with Crippen molar-refractivity contribution in [2.75, 3.05) is 13.1 Å². The molecule has 1 heterocycles. The van der Waals surface area contributed by atoms with E-state index in [0.29, 0.717) is 18.1 Å². The van der Waals surface area contributed by atoms with Gasteiger partial charge in [-0.15, -0.1) is 0 Å². The molecule has 1 aromatic rings. The molecule has 70 valence electrons. The third-order valence-electron chi connectivity index (χ3n) is 2.29. The van der Waals surface area contributed by atoms with Crippen molar-refractivity contribution in [1.29, 1.82) is 0 Å². The molecule has 0 radical (unpaired) electrons. The number of rotatable bonds is 1. The second kappa shape index (κ2) is 3.24. The quantitative estimate of drug-likeness (QED) is 0.810. The Hall–Kier alpha value is -0.0900. The summed E-state index contributed by atoms with van der Waals surface area (Å²) in [6.45, 7) is 1.22. The van der Waals surface area contributed by atoms with Crippen molar-refractivity contribution in [2.45, 2.75) is 5.60 Å². The number of hydrogen-bond acceptors (Lipinski definition) is 2. The van der Waals surface area contributed by atoms with Gasteiger partial charge in [0, 0.05) is 17.6 Å². The first kappa shape index (κ1) is 9.46. The number of halogens is 2. The molecular formula is C9H9BrClNO. The molecule has 1 aromatic carbocycles. The summed E-state index contributed by atoms with van der Waals surface area (Å²) < 4.78 is 0.826. The lowest BCUT2D eigenvalue weighted by atomic mass is 9.88. The number of β-amino-alcohol motifs (C(OH)–C–C–N with tert-alkyl or cyclic N) is 1. The van der Waals surface area contributed by atoms with Crippen LogP contribution in [0.2, 0.25) is 5.02 Å². The average Bonchev–Trinajstić information content (AvgIpc) is 2.06. The van der Waals surface area contributed by atoms with Gasteiger partial charge in [-0.05, 0) is 33.6 Å². The Bertz CT molecular complexity index is 338. The molecule has 1 fully saturated rings. The predicted molar refractivity (Wildman–Crippen MR) is 55.9 cm³/mol. The van der Waals surface area contributed by atoms with Crippen LogP contribution in [0.1, 0.15) is 5.56 Å². The van der Waals surface area contributed by atoms with Gasteiger partial charge in [-0.1, -0.05) is 17.7 Å². The van der Waals surface area contributed by atoms with Crippen LogP contribution in [-0.4, -0.2) is 18.2 Å². The summed E-state index contributed by atoms with van der Waals surface area (Å²) >= 11 is 9.18. The zero-order valence-electron chi connectivity index (χ0n) is 6.85. The van der Waals surface area contributed by atoms with Gasteiger partial charge < -0.3 is 10.4 Å². The molecule has 13 heavy (non-hydrogen) atoms. The maximum absolute atomic E-state index is 9.97. The van der Waals surface area contributed by atoms with Crippen molar-refractivity contribution in [1.82, 2.24) is 5.32 Å². The Morgan fingerprint density at radius 3 is 2.62 bits per heavy atom. The van der Waals surface area contributed by atoms with Gasteiger partial charge in [0.15, 0.2) is 0 Å². The third-order valence-corrected chi connectivity index (χ3v) is 3.51. The molecular weight excluding hydrogens is 253 g/mol. The summed E-state index contributed by atoms with van der Waals surface area (Å²) in [5, 5.41) is 13.7. The number of benzene rings is 1. The maximum atomic E-state index is 9.97. The van der Waals surface area contributed by atoms with E-state index in [1.807, 2.05) is 12.1 Å². The number of hydrogen-bond donors (Lipinski definition) is 2. The molecule has 2 rings (SSSR count). The molecule has 4 heteroatoms. The van der Waals surface area contributed by atoms with Crippen LogP contribution in [0.5, 0.6) is 0 Å². The normalized spacial score (nSPS) is 19.6. The van der Waals surface area contributed by atoms with Gasteiger partial charge in [0.05, 0.1) is 5.02 Å².